The van der Waals surface area contributed by atoms with Crippen LogP contribution in [0.15, 0.2) is 41.2 Å². The highest BCUT2D eigenvalue weighted by Crippen LogP contribution is 2.25. The monoisotopic (exact) mass is 281 g/mol. The number of hydrogen-bond acceptors (Lipinski definition) is 1. The second-order valence-corrected chi connectivity index (χ2v) is 3.89. The summed E-state index contributed by atoms with van der Waals surface area (Å²) in [6, 6.07) is 9.52. The fraction of sp³-hybridized carbons (Fsp3) is 0.0833. The van der Waals surface area contributed by atoms with E-state index in [1.807, 2.05) is 0 Å². The highest BCUT2D eigenvalue weighted by Gasteiger charge is 2.08. The Kier molecular flexibility index (Phi) is 3.19. The first-order chi connectivity index (χ1) is 7.72. The lowest BCUT2D eigenvalue weighted by Gasteiger charge is -2.07. The van der Waals surface area contributed by atoms with Gasteiger partial charge in [-0.1, -0.05) is 34.1 Å². The van der Waals surface area contributed by atoms with Crippen molar-refractivity contribution in [1.82, 2.24) is 4.98 Å². The molecule has 2 aromatic rings. The second kappa shape index (κ2) is 4.61. The van der Waals surface area contributed by atoms with E-state index in [1.165, 1.54) is 12.1 Å². The maximum Gasteiger partial charge on any atom is 0.248 e. The van der Waals surface area contributed by atoms with Crippen LogP contribution in [-0.2, 0) is 5.33 Å². The van der Waals surface area contributed by atoms with E-state index in [0.29, 0.717) is 22.2 Å². The van der Waals surface area contributed by atoms with Crippen LogP contribution in [0.5, 0.6) is 0 Å². The molecule has 0 saturated heterocycles. The lowest BCUT2D eigenvalue weighted by molar-refractivity contribution is 0.631. The van der Waals surface area contributed by atoms with Crippen LogP contribution in [0.2, 0.25) is 0 Å². The van der Waals surface area contributed by atoms with E-state index in [4.69, 9.17) is 0 Å². The number of alkyl halides is 1. The summed E-state index contributed by atoms with van der Waals surface area (Å²) in [4.78, 5) is 13.8. The lowest BCUT2D eigenvalue weighted by atomic mass is 10.0. The molecule has 0 unspecified atom stereocenters. The maximum absolute atomic E-state index is 13.6. The standard InChI is InChI=1S/C12H9BrFNO/c13-7-11-9(5-6-12(16)15-11)8-3-1-2-4-10(8)14/h1-6H,7H2,(H,15,16). The number of benzene rings is 1. The number of rotatable bonds is 2. The van der Waals surface area contributed by atoms with Gasteiger partial charge in [0, 0.05) is 28.2 Å². The number of pyridine rings is 1. The van der Waals surface area contributed by atoms with Crippen molar-refractivity contribution in [2.75, 3.05) is 0 Å². The number of nitrogens with one attached hydrogen (secondary N) is 1. The summed E-state index contributed by atoms with van der Waals surface area (Å²) >= 11 is 3.27. The zero-order valence-electron chi connectivity index (χ0n) is 8.34. The number of aromatic nitrogens is 1. The lowest BCUT2D eigenvalue weighted by Crippen LogP contribution is -2.07. The van der Waals surface area contributed by atoms with Crippen LogP contribution in [0.1, 0.15) is 5.69 Å². The third-order valence-electron chi connectivity index (χ3n) is 2.30. The van der Waals surface area contributed by atoms with E-state index in [9.17, 15) is 9.18 Å². The Labute approximate surface area is 100 Å². The summed E-state index contributed by atoms with van der Waals surface area (Å²) < 4.78 is 13.6. The molecule has 0 aliphatic heterocycles. The quantitative estimate of drug-likeness (QED) is 0.844. The highest BCUT2D eigenvalue weighted by atomic mass is 79.9. The molecule has 0 atom stereocenters. The minimum Gasteiger partial charge on any atom is -0.325 e. The van der Waals surface area contributed by atoms with Gasteiger partial charge in [-0.3, -0.25) is 4.79 Å². The summed E-state index contributed by atoms with van der Waals surface area (Å²) in [5.74, 6) is -0.295. The molecule has 0 bridgehead atoms. The molecule has 4 heteroatoms. The van der Waals surface area contributed by atoms with Gasteiger partial charge < -0.3 is 4.98 Å². The Hall–Kier alpha value is -1.42. The molecule has 1 aromatic carbocycles. The second-order valence-electron chi connectivity index (χ2n) is 3.33. The fourth-order valence-corrected chi connectivity index (χ4v) is 2.00. The van der Waals surface area contributed by atoms with Crippen molar-refractivity contribution >= 4 is 15.9 Å². The van der Waals surface area contributed by atoms with Crippen LogP contribution in [0, 0.1) is 5.82 Å². The predicted molar refractivity (Wildman–Crippen MR) is 65.1 cm³/mol. The van der Waals surface area contributed by atoms with Gasteiger partial charge in [-0.25, -0.2) is 4.39 Å². The average Bonchev–Trinajstić information content (AvgIpc) is 2.30. The van der Waals surface area contributed by atoms with Gasteiger partial charge in [0.15, 0.2) is 0 Å². The molecule has 2 nitrogen and oxygen atoms in total. The Morgan fingerprint density at radius 2 is 1.88 bits per heavy atom. The SMILES string of the molecule is O=c1ccc(-c2ccccc2F)c(CBr)[nH]1. The van der Waals surface area contributed by atoms with E-state index in [1.54, 1.807) is 24.3 Å². The fourth-order valence-electron chi connectivity index (χ4n) is 1.55. The van der Waals surface area contributed by atoms with Crippen molar-refractivity contribution in [3.63, 3.8) is 0 Å². The van der Waals surface area contributed by atoms with Gasteiger partial charge >= 0.3 is 0 Å². The molecular weight excluding hydrogens is 273 g/mol. The van der Waals surface area contributed by atoms with E-state index < -0.39 is 0 Å². The van der Waals surface area contributed by atoms with Gasteiger partial charge in [0.2, 0.25) is 5.56 Å². The van der Waals surface area contributed by atoms with Crippen LogP contribution in [0.4, 0.5) is 4.39 Å². The number of halogens is 2. The van der Waals surface area contributed by atoms with E-state index >= 15 is 0 Å². The molecule has 0 amide bonds. The summed E-state index contributed by atoms with van der Waals surface area (Å²) in [6.45, 7) is 0. The van der Waals surface area contributed by atoms with Crippen LogP contribution in [0.3, 0.4) is 0 Å². The number of aromatic amines is 1. The molecule has 0 saturated carbocycles. The summed E-state index contributed by atoms with van der Waals surface area (Å²) in [5.41, 5.74) is 1.69. The zero-order valence-corrected chi connectivity index (χ0v) is 9.92. The Balaban J connectivity index is 2.65. The highest BCUT2D eigenvalue weighted by molar-refractivity contribution is 9.08. The van der Waals surface area contributed by atoms with Crippen LogP contribution >= 0.6 is 15.9 Å². The van der Waals surface area contributed by atoms with E-state index in [-0.39, 0.29) is 11.4 Å². The van der Waals surface area contributed by atoms with Crippen LogP contribution in [-0.4, -0.2) is 4.98 Å². The van der Waals surface area contributed by atoms with Gasteiger partial charge in [-0.15, -0.1) is 0 Å². The molecule has 1 heterocycles. The van der Waals surface area contributed by atoms with E-state index in [0.717, 1.165) is 0 Å². The van der Waals surface area contributed by atoms with Gasteiger partial charge in [0.1, 0.15) is 5.82 Å². The topological polar surface area (TPSA) is 32.9 Å². The average molecular weight is 282 g/mol. The Bertz CT molecular complexity index is 565. The van der Waals surface area contributed by atoms with Gasteiger partial charge in [-0.05, 0) is 12.1 Å². The zero-order chi connectivity index (χ0) is 11.5. The first-order valence-electron chi connectivity index (χ1n) is 4.75. The third-order valence-corrected chi connectivity index (χ3v) is 2.86. The van der Waals surface area contributed by atoms with Crippen LogP contribution < -0.4 is 5.56 Å². The minimum atomic E-state index is -0.295. The molecule has 1 aromatic heterocycles. The third kappa shape index (κ3) is 2.07. The van der Waals surface area contributed by atoms with Crippen LogP contribution in [0.25, 0.3) is 11.1 Å². The Morgan fingerprint density at radius 3 is 2.56 bits per heavy atom. The molecule has 0 spiro atoms. The van der Waals surface area contributed by atoms with Gasteiger partial charge in [0.25, 0.3) is 0 Å². The largest absolute Gasteiger partial charge is 0.325 e. The molecule has 16 heavy (non-hydrogen) atoms. The molecular formula is C12H9BrFNO. The first-order valence-corrected chi connectivity index (χ1v) is 5.87. The van der Waals surface area contributed by atoms with Crippen molar-refractivity contribution in [2.24, 2.45) is 0 Å². The number of hydrogen-bond donors (Lipinski definition) is 1. The summed E-state index contributed by atoms with van der Waals surface area (Å²) in [6.07, 6.45) is 0. The molecule has 0 aliphatic carbocycles. The molecule has 2 rings (SSSR count). The molecule has 0 aliphatic rings. The normalized spacial score (nSPS) is 10.4. The van der Waals surface area contributed by atoms with Gasteiger partial charge in [-0.2, -0.15) is 0 Å². The van der Waals surface area contributed by atoms with Crippen molar-refractivity contribution in [3.05, 3.63) is 58.3 Å². The number of H-pyrrole nitrogens is 1. The van der Waals surface area contributed by atoms with Gasteiger partial charge in [0.05, 0.1) is 0 Å². The van der Waals surface area contributed by atoms with Crippen molar-refractivity contribution in [1.29, 1.82) is 0 Å². The minimum absolute atomic E-state index is 0.186. The summed E-state index contributed by atoms with van der Waals surface area (Å²) in [5, 5.41) is 0.479. The molecule has 0 radical (unpaired) electrons. The molecule has 0 fully saturated rings. The summed E-state index contributed by atoms with van der Waals surface area (Å²) in [7, 11) is 0. The van der Waals surface area contributed by atoms with E-state index in [2.05, 4.69) is 20.9 Å². The smallest absolute Gasteiger partial charge is 0.248 e. The van der Waals surface area contributed by atoms with Crippen molar-refractivity contribution < 1.29 is 4.39 Å². The predicted octanol–water partition coefficient (Wildman–Crippen LogP) is 3.08. The molecule has 82 valence electrons. The molecule has 1 N–H and O–H groups in total. The van der Waals surface area contributed by atoms with Crippen molar-refractivity contribution in [3.8, 4) is 11.1 Å². The Morgan fingerprint density at radius 1 is 1.12 bits per heavy atom. The van der Waals surface area contributed by atoms with Crippen molar-refractivity contribution in [2.45, 2.75) is 5.33 Å². The first kappa shape index (κ1) is 11.1. The maximum atomic E-state index is 13.6.